The largest absolute Gasteiger partial charge is 0.358 e. The van der Waals surface area contributed by atoms with Gasteiger partial charge >= 0.3 is 0 Å². The molecule has 1 aromatic heterocycles. The highest BCUT2D eigenvalue weighted by molar-refractivity contribution is 7.09. The maximum atomic E-state index is 9.87. The second-order valence-corrected chi connectivity index (χ2v) is 3.15. The summed E-state index contributed by atoms with van der Waals surface area (Å²) >= 11 is 1.63. The molecule has 0 fully saturated rings. The first-order valence-electron chi connectivity index (χ1n) is 3.41. The molecule has 1 heterocycles. The molecule has 3 nitrogen and oxygen atoms in total. The summed E-state index contributed by atoms with van der Waals surface area (Å²) in [4.78, 5) is 14.1. The van der Waals surface area contributed by atoms with Crippen molar-refractivity contribution in [1.29, 1.82) is 0 Å². The number of carbonyl (C=O) groups excluding carboxylic acids is 1. The highest BCUT2D eigenvalue weighted by Gasteiger charge is 1.96. The van der Waals surface area contributed by atoms with E-state index in [1.165, 1.54) is 0 Å². The lowest BCUT2D eigenvalue weighted by Crippen LogP contribution is -2.14. The summed E-state index contributed by atoms with van der Waals surface area (Å²) in [6, 6.07) is 0. The second-order valence-electron chi connectivity index (χ2n) is 2.20. The van der Waals surface area contributed by atoms with Gasteiger partial charge < -0.3 is 5.32 Å². The molecule has 0 spiro atoms. The van der Waals surface area contributed by atoms with Crippen LogP contribution in [0.3, 0.4) is 0 Å². The van der Waals surface area contributed by atoms with Gasteiger partial charge in [0.25, 0.3) is 0 Å². The summed E-state index contributed by atoms with van der Waals surface area (Å²) in [7, 11) is 0. The topological polar surface area (TPSA) is 42.0 Å². The Morgan fingerprint density at radius 2 is 2.64 bits per heavy atom. The molecule has 1 aromatic rings. The molecule has 11 heavy (non-hydrogen) atoms. The van der Waals surface area contributed by atoms with Crippen molar-refractivity contribution >= 4 is 17.7 Å². The van der Waals surface area contributed by atoms with E-state index < -0.39 is 0 Å². The summed E-state index contributed by atoms with van der Waals surface area (Å²) in [6.45, 7) is 2.64. The Balaban J connectivity index is 2.32. The molecule has 0 aliphatic heterocycles. The van der Waals surface area contributed by atoms with E-state index in [1.54, 1.807) is 11.3 Å². The quantitative estimate of drug-likeness (QED) is 0.535. The van der Waals surface area contributed by atoms with Gasteiger partial charge in [-0.3, -0.25) is 4.79 Å². The van der Waals surface area contributed by atoms with Gasteiger partial charge in [-0.2, -0.15) is 0 Å². The van der Waals surface area contributed by atoms with Crippen molar-refractivity contribution in [3.05, 3.63) is 16.1 Å². The van der Waals surface area contributed by atoms with Crippen LogP contribution in [0.5, 0.6) is 0 Å². The molecule has 60 valence electrons. The van der Waals surface area contributed by atoms with Crippen LogP contribution in [0.4, 0.5) is 0 Å². The van der Waals surface area contributed by atoms with E-state index in [4.69, 9.17) is 0 Å². The smallest absolute Gasteiger partial charge is 0.207 e. The van der Waals surface area contributed by atoms with E-state index in [2.05, 4.69) is 10.3 Å². The number of aryl methyl sites for hydroxylation is 1. The van der Waals surface area contributed by atoms with Crippen LogP contribution in [0.1, 0.15) is 10.7 Å². The van der Waals surface area contributed by atoms with E-state index in [0.717, 1.165) is 17.1 Å². The monoisotopic (exact) mass is 170 g/mol. The molecule has 0 aliphatic carbocycles. The molecule has 0 aromatic carbocycles. The van der Waals surface area contributed by atoms with Gasteiger partial charge in [0.15, 0.2) is 0 Å². The summed E-state index contributed by atoms with van der Waals surface area (Å²) in [5.41, 5.74) is 1.05. The van der Waals surface area contributed by atoms with Crippen molar-refractivity contribution in [2.75, 3.05) is 6.54 Å². The number of nitrogens with one attached hydrogen (secondary N) is 1. The molecule has 0 saturated heterocycles. The van der Waals surface area contributed by atoms with Crippen LogP contribution in [-0.2, 0) is 11.2 Å². The molecule has 1 amide bonds. The summed E-state index contributed by atoms with van der Waals surface area (Å²) in [5, 5.41) is 5.68. The van der Waals surface area contributed by atoms with Crippen LogP contribution in [0.15, 0.2) is 5.38 Å². The third-order valence-corrected chi connectivity index (χ3v) is 2.26. The highest BCUT2D eigenvalue weighted by atomic mass is 32.1. The van der Waals surface area contributed by atoms with Crippen LogP contribution in [-0.4, -0.2) is 17.9 Å². The van der Waals surface area contributed by atoms with Gasteiger partial charge in [0.05, 0.1) is 5.01 Å². The van der Waals surface area contributed by atoms with E-state index >= 15 is 0 Å². The Labute approximate surface area is 69.5 Å². The third kappa shape index (κ3) is 2.67. The molecule has 1 N–H and O–H groups in total. The molecule has 0 aliphatic rings. The fourth-order valence-electron chi connectivity index (χ4n) is 0.756. The van der Waals surface area contributed by atoms with Crippen molar-refractivity contribution in [2.24, 2.45) is 0 Å². The zero-order valence-corrected chi connectivity index (χ0v) is 7.15. The van der Waals surface area contributed by atoms with Crippen LogP contribution in [0.25, 0.3) is 0 Å². The van der Waals surface area contributed by atoms with Gasteiger partial charge in [-0.05, 0) is 6.92 Å². The average Bonchev–Trinajstić information content (AvgIpc) is 2.37. The predicted molar refractivity (Wildman–Crippen MR) is 44.6 cm³/mol. The van der Waals surface area contributed by atoms with Crippen LogP contribution < -0.4 is 5.32 Å². The molecule has 0 saturated carbocycles. The molecular weight excluding hydrogens is 160 g/mol. The Bertz CT molecular complexity index is 234. The number of aromatic nitrogens is 1. The molecule has 0 unspecified atom stereocenters. The maximum Gasteiger partial charge on any atom is 0.207 e. The van der Waals surface area contributed by atoms with Crippen molar-refractivity contribution in [2.45, 2.75) is 13.3 Å². The SMILES string of the molecule is Cc1csc(CCNC=O)n1. The minimum absolute atomic E-state index is 0.677. The summed E-state index contributed by atoms with van der Waals surface area (Å²) in [5.74, 6) is 0. The number of amides is 1. The van der Waals surface area contributed by atoms with E-state index in [0.29, 0.717) is 13.0 Å². The number of hydrogen-bond donors (Lipinski definition) is 1. The fraction of sp³-hybridized carbons (Fsp3) is 0.429. The van der Waals surface area contributed by atoms with Gasteiger partial charge in [-0.25, -0.2) is 4.98 Å². The fourth-order valence-corrected chi connectivity index (χ4v) is 1.53. The van der Waals surface area contributed by atoms with Gasteiger partial charge in [-0.1, -0.05) is 0 Å². The van der Waals surface area contributed by atoms with Gasteiger partial charge in [0, 0.05) is 24.0 Å². The van der Waals surface area contributed by atoms with Gasteiger partial charge in [-0.15, -0.1) is 11.3 Å². The predicted octanol–water partition coefficient (Wildman–Crippen LogP) is 0.740. The van der Waals surface area contributed by atoms with E-state index in [9.17, 15) is 4.79 Å². The van der Waals surface area contributed by atoms with Gasteiger partial charge in [0.2, 0.25) is 6.41 Å². The minimum atomic E-state index is 0.677. The standard InChI is InChI=1S/C7H10N2OS/c1-6-4-11-7(9-6)2-3-8-5-10/h4-5H,2-3H2,1H3,(H,8,10). The first kappa shape index (κ1) is 8.20. The second kappa shape index (κ2) is 4.08. The zero-order valence-electron chi connectivity index (χ0n) is 6.33. The number of rotatable bonds is 4. The Morgan fingerprint density at radius 3 is 3.18 bits per heavy atom. The summed E-state index contributed by atoms with van der Waals surface area (Å²) in [6.07, 6.45) is 1.54. The van der Waals surface area contributed by atoms with Crippen LogP contribution >= 0.6 is 11.3 Å². The van der Waals surface area contributed by atoms with Crippen LogP contribution in [0, 0.1) is 6.92 Å². The highest BCUT2D eigenvalue weighted by Crippen LogP contribution is 2.08. The number of hydrogen-bond acceptors (Lipinski definition) is 3. The Morgan fingerprint density at radius 1 is 1.82 bits per heavy atom. The first-order valence-corrected chi connectivity index (χ1v) is 4.29. The number of nitrogens with zero attached hydrogens (tertiary/aromatic N) is 1. The van der Waals surface area contributed by atoms with Crippen molar-refractivity contribution in [1.82, 2.24) is 10.3 Å². The molecular formula is C7H10N2OS. The van der Waals surface area contributed by atoms with E-state index in [1.807, 2.05) is 12.3 Å². The number of thiazole rings is 1. The Kier molecular flexibility index (Phi) is 3.04. The number of carbonyl (C=O) groups is 1. The zero-order chi connectivity index (χ0) is 8.10. The van der Waals surface area contributed by atoms with Crippen molar-refractivity contribution in [3.63, 3.8) is 0 Å². The third-order valence-electron chi connectivity index (χ3n) is 1.23. The lowest BCUT2D eigenvalue weighted by atomic mass is 10.4. The summed E-state index contributed by atoms with van der Waals surface area (Å²) < 4.78 is 0. The molecule has 4 heteroatoms. The average molecular weight is 170 g/mol. The lowest BCUT2D eigenvalue weighted by Gasteiger charge is -1.92. The normalized spacial score (nSPS) is 9.55. The molecule has 0 bridgehead atoms. The van der Waals surface area contributed by atoms with Gasteiger partial charge in [0.1, 0.15) is 0 Å². The first-order chi connectivity index (χ1) is 5.33. The lowest BCUT2D eigenvalue weighted by molar-refractivity contribution is -0.109. The van der Waals surface area contributed by atoms with Crippen molar-refractivity contribution in [3.8, 4) is 0 Å². The van der Waals surface area contributed by atoms with Crippen molar-refractivity contribution < 1.29 is 4.79 Å². The minimum Gasteiger partial charge on any atom is -0.358 e. The Hall–Kier alpha value is -0.900. The van der Waals surface area contributed by atoms with E-state index in [-0.39, 0.29) is 0 Å². The molecule has 1 rings (SSSR count). The molecule has 0 atom stereocenters. The van der Waals surface area contributed by atoms with Crippen LogP contribution in [0.2, 0.25) is 0 Å². The molecule has 0 radical (unpaired) electrons. The maximum absolute atomic E-state index is 9.87.